The van der Waals surface area contributed by atoms with Crippen molar-refractivity contribution in [3.05, 3.63) is 35.5 Å². The van der Waals surface area contributed by atoms with Crippen LogP contribution in [-0.4, -0.2) is 44.7 Å². The van der Waals surface area contributed by atoms with Gasteiger partial charge in [0.1, 0.15) is 17.2 Å². The third-order valence-corrected chi connectivity index (χ3v) is 6.94. The average Bonchev–Trinajstić information content (AvgIpc) is 3.19. The Kier molecular flexibility index (Phi) is 6.50. The maximum Gasteiger partial charge on any atom is 0.224 e. The molecule has 9 nitrogen and oxygen atoms in total. The van der Waals surface area contributed by atoms with Crippen LogP contribution in [0.25, 0.3) is 11.2 Å². The van der Waals surface area contributed by atoms with E-state index in [0.717, 1.165) is 18.9 Å². The molecule has 5 rings (SSSR count). The highest BCUT2D eigenvalue weighted by molar-refractivity contribution is 5.78. The average molecular weight is 486 g/mol. The molecule has 11 heteroatoms. The topological polar surface area (TPSA) is 120 Å². The van der Waals surface area contributed by atoms with Gasteiger partial charge in [0, 0.05) is 37.3 Å². The number of imidazole rings is 1. The fraction of sp³-hybridized carbons (Fsp3) is 0.500. The van der Waals surface area contributed by atoms with Gasteiger partial charge in [0.05, 0.1) is 11.9 Å². The molecule has 2 fully saturated rings. The Labute approximate surface area is 201 Å². The van der Waals surface area contributed by atoms with Gasteiger partial charge in [0.2, 0.25) is 17.8 Å². The molecule has 2 aromatic heterocycles. The van der Waals surface area contributed by atoms with Gasteiger partial charge in [-0.1, -0.05) is 0 Å². The molecule has 1 saturated heterocycles. The molecule has 0 unspecified atom stereocenters. The number of ether oxygens (including phenoxy) is 1. The molecule has 1 aliphatic heterocycles. The lowest BCUT2D eigenvalue weighted by Gasteiger charge is -2.29. The van der Waals surface area contributed by atoms with Crippen LogP contribution in [0.3, 0.4) is 0 Å². The number of nitrogens with one attached hydrogen (secondary N) is 2. The number of nitrogens with zero attached hydrogens (tertiary/aromatic N) is 4. The lowest BCUT2D eigenvalue weighted by molar-refractivity contribution is -0.122. The van der Waals surface area contributed by atoms with Crippen molar-refractivity contribution in [2.45, 2.75) is 57.5 Å². The summed E-state index contributed by atoms with van der Waals surface area (Å²) in [4.78, 5) is 25.6. The Bertz CT molecular complexity index is 1210. The Morgan fingerprint density at radius 1 is 1.11 bits per heavy atom. The highest BCUT2D eigenvalue weighted by atomic mass is 19.1. The van der Waals surface area contributed by atoms with E-state index in [9.17, 15) is 13.6 Å². The van der Waals surface area contributed by atoms with E-state index in [1.807, 2.05) is 4.57 Å². The van der Waals surface area contributed by atoms with E-state index in [2.05, 4.69) is 20.6 Å². The van der Waals surface area contributed by atoms with Gasteiger partial charge in [-0.05, 0) is 57.1 Å². The number of aryl methyl sites for hydroxylation is 1. The SMILES string of the molecule is Cc1cc(F)cc(F)c1Nc1nc2cnc(NC3CCOCC3)nc2n1[C@H]1CC[C@H](C(N)=O)CC1. The number of fused-ring (bicyclic) bond motifs is 1. The molecule has 1 aromatic carbocycles. The second-order valence-electron chi connectivity index (χ2n) is 9.35. The first kappa shape index (κ1) is 23.4. The molecule has 1 saturated carbocycles. The standard InChI is InChI=1S/C24H29F2N7O2/c1-13-10-15(25)11-18(26)20(13)31-24-30-19-12-28-23(29-16-6-8-35-9-7-16)32-22(19)33(24)17-4-2-14(3-5-17)21(27)34/h10-12,14,16-17H,2-9H2,1H3,(H2,27,34)(H,30,31)(H,28,29,32)/t14-,17-. The predicted molar refractivity (Wildman–Crippen MR) is 127 cm³/mol. The normalized spacial score (nSPS) is 21.2. The summed E-state index contributed by atoms with van der Waals surface area (Å²) in [5.41, 5.74) is 7.27. The lowest BCUT2D eigenvalue weighted by atomic mass is 9.85. The Morgan fingerprint density at radius 3 is 2.54 bits per heavy atom. The van der Waals surface area contributed by atoms with Crippen LogP contribution in [0.4, 0.5) is 26.4 Å². The predicted octanol–water partition coefficient (Wildman–Crippen LogP) is 3.96. The van der Waals surface area contributed by atoms with E-state index in [0.29, 0.717) is 67.5 Å². The largest absolute Gasteiger partial charge is 0.381 e. The van der Waals surface area contributed by atoms with Gasteiger partial charge in [-0.3, -0.25) is 9.36 Å². The molecule has 0 bridgehead atoms. The van der Waals surface area contributed by atoms with Gasteiger partial charge < -0.3 is 21.1 Å². The number of nitrogens with two attached hydrogens (primary N) is 1. The van der Waals surface area contributed by atoms with E-state index in [1.54, 1.807) is 13.1 Å². The molecule has 1 amide bonds. The molecule has 1 aliphatic carbocycles. The fourth-order valence-corrected chi connectivity index (χ4v) is 5.01. The number of hydrogen-bond acceptors (Lipinski definition) is 7. The quantitative estimate of drug-likeness (QED) is 0.483. The first-order chi connectivity index (χ1) is 16.9. The summed E-state index contributed by atoms with van der Waals surface area (Å²) in [6, 6.07) is 2.31. The smallest absolute Gasteiger partial charge is 0.224 e. The summed E-state index contributed by atoms with van der Waals surface area (Å²) in [6.45, 7) is 3.02. The molecular formula is C24H29F2N7O2. The van der Waals surface area contributed by atoms with Gasteiger partial charge >= 0.3 is 0 Å². The Balaban J connectivity index is 1.52. The van der Waals surface area contributed by atoms with Crippen LogP contribution < -0.4 is 16.4 Å². The van der Waals surface area contributed by atoms with E-state index in [-0.39, 0.29) is 29.6 Å². The van der Waals surface area contributed by atoms with Crippen molar-refractivity contribution in [3.63, 3.8) is 0 Å². The van der Waals surface area contributed by atoms with Crippen LogP contribution in [0.15, 0.2) is 18.3 Å². The van der Waals surface area contributed by atoms with Gasteiger partial charge in [-0.2, -0.15) is 4.98 Å². The van der Waals surface area contributed by atoms with E-state index in [1.165, 1.54) is 6.07 Å². The molecule has 3 aromatic rings. The second kappa shape index (κ2) is 9.73. The van der Waals surface area contributed by atoms with Crippen molar-refractivity contribution in [2.24, 2.45) is 11.7 Å². The van der Waals surface area contributed by atoms with E-state index < -0.39 is 11.6 Å². The third-order valence-electron chi connectivity index (χ3n) is 6.94. The van der Waals surface area contributed by atoms with Crippen LogP contribution in [0.1, 0.15) is 50.1 Å². The van der Waals surface area contributed by atoms with Crippen molar-refractivity contribution < 1.29 is 18.3 Å². The summed E-state index contributed by atoms with van der Waals surface area (Å²) in [5.74, 6) is -0.896. The minimum atomic E-state index is -0.702. The highest BCUT2D eigenvalue weighted by Gasteiger charge is 2.29. The number of amides is 1. The minimum absolute atomic E-state index is 0.0206. The maximum absolute atomic E-state index is 14.7. The number of anilines is 3. The molecule has 3 heterocycles. The number of halogens is 2. The number of carbonyl (C=O) groups is 1. The van der Waals surface area contributed by atoms with Gasteiger partial charge in [0.25, 0.3) is 0 Å². The van der Waals surface area contributed by atoms with Crippen LogP contribution in [0, 0.1) is 24.5 Å². The summed E-state index contributed by atoms with van der Waals surface area (Å²) in [7, 11) is 0. The summed E-state index contributed by atoms with van der Waals surface area (Å²) < 4.78 is 35.7. The number of benzene rings is 1. The first-order valence-corrected chi connectivity index (χ1v) is 12.0. The number of aromatic nitrogens is 4. The van der Waals surface area contributed by atoms with Gasteiger partial charge in [0.15, 0.2) is 5.65 Å². The zero-order valence-electron chi connectivity index (χ0n) is 19.6. The Morgan fingerprint density at radius 2 is 1.86 bits per heavy atom. The Hall–Kier alpha value is -3.34. The number of rotatable bonds is 6. The maximum atomic E-state index is 14.7. The van der Waals surface area contributed by atoms with Crippen molar-refractivity contribution >= 4 is 34.7 Å². The number of hydrogen-bond donors (Lipinski definition) is 3. The van der Waals surface area contributed by atoms with Crippen molar-refractivity contribution in [1.29, 1.82) is 0 Å². The van der Waals surface area contributed by atoms with Crippen LogP contribution in [0.2, 0.25) is 0 Å². The first-order valence-electron chi connectivity index (χ1n) is 12.0. The lowest BCUT2D eigenvalue weighted by Crippen LogP contribution is -2.29. The zero-order chi connectivity index (χ0) is 24.5. The second-order valence-corrected chi connectivity index (χ2v) is 9.35. The highest BCUT2D eigenvalue weighted by Crippen LogP contribution is 2.37. The van der Waals surface area contributed by atoms with Crippen LogP contribution >= 0.6 is 0 Å². The molecule has 0 atom stereocenters. The number of primary amides is 1. The number of carbonyl (C=O) groups excluding carboxylic acids is 1. The summed E-state index contributed by atoms with van der Waals surface area (Å²) in [5, 5.41) is 6.45. The summed E-state index contributed by atoms with van der Waals surface area (Å²) in [6.07, 6.45) is 6.09. The molecule has 186 valence electrons. The van der Waals surface area contributed by atoms with Gasteiger partial charge in [-0.15, -0.1) is 0 Å². The van der Waals surface area contributed by atoms with Crippen molar-refractivity contribution in [3.8, 4) is 0 Å². The fourth-order valence-electron chi connectivity index (χ4n) is 5.01. The molecule has 2 aliphatic rings. The van der Waals surface area contributed by atoms with Crippen molar-refractivity contribution in [2.75, 3.05) is 23.8 Å². The van der Waals surface area contributed by atoms with E-state index in [4.69, 9.17) is 15.5 Å². The molecular weight excluding hydrogens is 456 g/mol. The third kappa shape index (κ3) is 4.90. The zero-order valence-corrected chi connectivity index (χ0v) is 19.6. The molecule has 0 radical (unpaired) electrons. The monoisotopic (exact) mass is 485 g/mol. The summed E-state index contributed by atoms with van der Waals surface area (Å²) >= 11 is 0. The minimum Gasteiger partial charge on any atom is -0.381 e. The van der Waals surface area contributed by atoms with Crippen LogP contribution in [0.5, 0.6) is 0 Å². The van der Waals surface area contributed by atoms with Gasteiger partial charge in [-0.25, -0.2) is 18.7 Å². The molecule has 0 spiro atoms. The molecule has 4 N–H and O–H groups in total. The van der Waals surface area contributed by atoms with Crippen LogP contribution in [-0.2, 0) is 9.53 Å². The van der Waals surface area contributed by atoms with Crippen molar-refractivity contribution in [1.82, 2.24) is 19.5 Å². The molecule has 35 heavy (non-hydrogen) atoms. The van der Waals surface area contributed by atoms with E-state index >= 15 is 0 Å².